The second-order valence-corrected chi connectivity index (χ2v) is 3.91. The van der Waals surface area contributed by atoms with Crippen LogP contribution in [0.1, 0.15) is 20.8 Å². The van der Waals surface area contributed by atoms with Crippen LogP contribution in [0.15, 0.2) is 12.2 Å². The van der Waals surface area contributed by atoms with Crippen molar-refractivity contribution in [2.75, 3.05) is 26.3 Å². The number of hydrogen-bond donors (Lipinski definition) is 2. The summed E-state index contributed by atoms with van der Waals surface area (Å²) in [5.74, 6) is 0.0184. The van der Waals surface area contributed by atoms with Crippen molar-refractivity contribution in [2.24, 2.45) is 0 Å². The molecule has 0 aromatic heterocycles. The Morgan fingerprint density at radius 1 is 1.47 bits per heavy atom. The fraction of sp³-hybridized carbons (Fsp3) is 0.727. The molecule has 0 saturated carbocycles. The Morgan fingerprint density at radius 2 is 2.13 bits per heavy atom. The topological polar surface area (TPSA) is 50.4 Å². The van der Waals surface area contributed by atoms with Crippen molar-refractivity contribution < 1.29 is 9.53 Å². The first kappa shape index (κ1) is 14.1. The number of amides is 1. The van der Waals surface area contributed by atoms with Crippen LogP contribution in [0, 0.1) is 0 Å². The van der Waals surface area contributed by atoms with Crippen LogP contribution in [0.3, 0.4) is 0 Å². The molecule has 0 atom stereocenters. The molecule has 0 saturated heterocycles. The third-order valence-corrected chi connectivity index (χ3v) is 1.51. The van der Waals surface area contributed by atoms with Crippen molar-refractivity contribution in [2.45, 2.75) is 26.8 Å². The molecule has 0 unspecified atom stereocenters. The minimum atomic E-state index is 0.0184. The van der Waals surface area contributed by atoms with Gasteiger partial charge >= 0.3 is 0 Å². The molecule has 1 amide bonds. The van der Waals surface area contributed by atoms with E-state index in [2.05, 4.69) is 17.2 Å². The predicted molar refractivity (Wildman–Crippen MR) is 61.8 cm³/mol. The van der Waals surface area contributed by atoms with Crippen molar-refractivity contribution in [3.63, 3.8) is 0 Å². The SMILES string of the molecule is C=C(C)COCCNCC(=O)NC(C)C. The molecule has 0 fully saturated rings. The van der Waals surface area contributed by atoms with Crippen LogP contribution in [0.5, 0.6) is 0 Å². The highest BCUT2D eigenvalue weighted by molar-refractivity contribution is 5.78. The third kappa shape index (κ3) is 11.1. The van der Waals surface area contributed by atoms with E-state index in [1.54, 1.807) is 0 Å². The van der Waals surface area contributed by atoms with E-state index in [0.717, 1.165) is 5.57 Å². The van der Waals surface area contributed by atoms with Gasteiger partial charge < -0.3 is 15.4 Å². The summed E-state index contributed by atoms with van der Waals surface area (Å²) in [6.45, 7) is 11.7. The first-order valence-electron chi connectivity index (χ1n) is 5.24. The van der Waals surface area contributed by atoms with E-state index in [0.29, 0.717) is 26.3 Å². The predicted octanol–water partition coefficient (Wildman–Crippen LogP) is 0.693. The molecule has 2 N–H and O–H groups in total. The molecular formula is C11H22N2O2. The second-order valence-electron chi connectivity index (χ2n) is 3.91. The van der Waals surface area contributed by atoms with Gasteiger partial charge in [0.15, 0.2) is 0 Å². The van der Waals surface area contributed by atoms with Crippen LogP contribution in [0.2, 0.25) is 0 Å². The van der Waals surface area contributed by atoms with E-state index >= 15 is 0 Å². The summed E-state index contributed by atoms with van der Waals surface area (Å²) in [5.41, 5.74) is 1.01. The lowest BCUT2D eigenvalue weighted by atomic mass is 10.4. The van der Waals surface area contributed by atoms with E-state index in [4.69, 9.17) is 4.74 Å². The lowest BCUT2D eigenvalue weighted by molar-refractivity contribution is -0.120. The molecule has 0 aliphatic carbocycles. The van der Waals surface area contributed by atoms with Crippen LogP contribution in [0.25, 0.3) is 0 Å². The standard InChI is InChI=1S/C11H22N2O2/c1-9(2)8-15-6-5-12-7-11(14)13-10(3)4/h10,12H,1,5-8H2,2-4H3,(H,13,14). The van der Waals surface area contributed by atoms with E-state index in [-0.39, 0.29) is 11.9 Å². The van der Waals surface area contributed by atoms with E-state index < -0.39 is 0 Å². The number of hydrogen-bond acceptors (Lipinski definition) is 3. The summed E-state index contributed by atoms with van der Waals surface area (Å²) in [6.07, 6.45) is 0. The fourth-order valence-corrected chi connectivity index (χ4v) is 0.966. The van der Waals surface area contributed by atoms with Gasteiger partial charge in [0.1, 0.15) is 0 Å². The first-order chi connectivity index (χ1) is 7.02. The second kappa shape index (κ2) is 8.44. The highest BCUT2D eigenvalue weighted by Crippen LogP contribution is 1.86. The van der Waals surface area contributed by atoms with Gasteiger partial charge in [0.2, 0.25) is 5.91 Å². The van der Waals surface area contributed by atoms with Crippen LogP contribution >= 0.6 is 0 Å². The molecule has 0 heterocycles. The van der Waals surface area contributed by atoms with E-state index in [1.165, 1.54) is 0 Å². The molecule has 0 rings (SSSR count). The molecule has 4 nitrogen and oxygen atoms in total. The Labute approximate surface area is 92.1 Å². The zero-order chi connectivity index (χ0) is 11.7. The van der Waals surface area contributed by atoms with Gasteiger partial charge in [0.25, 0.3) is 0 Å². The highest BCUT2D eigenvalue weighted by atomic mass is 16.5. The average molecular weight is 214 g/mol. The monoisotopic (exact) mass is 214 g/mol. The van der Waals surface area contributed by atoms with E-state index in [9.17, 15) is 4.79 Å². The molecule has 4 heteroatoms. The van der Waals surface area contributed by atoms with Crippen LogP contribution in [-0.4, -0.2) is 38.3 Å². The summed E-state index contributed by atoms with van der Waals surface area (Å²) in [6, 6.07) is 0.193. The van der Waals surface area contributed by atoms with Crippen molar-refractivity contribution in [1.29, 1.82) is 0 Å². The van der Waals surface area contributed by atoms with Gasteiger partial charge in [-0.25, -0.2) is 0 Å². The van der Waals surface area contributed by atoms with Crippen molar-refractivity contribution in [1.82, 2.24) is 10.6 Å². The van der Waals surface area contributed by atoms with E-state index in [1.807, 2.05) is 20.8 Å². The maximum absolute atomic E-state index is 11.2. The van der Waals surface area contributed by atoms with Gasteiger partial charge in [-0.15, -0.1) is 0 Å². The lowest BCUT2D eigenvalue weighted by Gasteiger charge is -2.09. The summed E-state index contributed by atoms with van der Waals surface area (Å²) in [4.78, 5) is 11.2. The Hall–Kier alpha value is -0.870. The molecule has 0 spiro atoms. The van der Waals surface area contributed by atoms with Gasteiger partial charge in [0, 0.05) is 12.6 Å². The summed E-state index contributed by atoms with van der Waals surface area (Å²) in [5, 5.41) is 5.79. The molecule has 0 aromatic rings. The quantitative estimate of drug-likeness (QED) is 0.462. The van der Waals surface area contributed by atoms with Gasteiger partial charge in [0.05, 0.1) is 19.8 Å². The molecule has 0 aliphatic heterocycles. The largest absolute Gasteiger partial charge is 0.376 e. The lowest BCUT2D eigenvalue weighted by Crippen LogP contribution is -2.38. The number of nitrogens with one attached hydrogen (secondary N) is 2. The number of carbonyl (C=O) groups is 1. The fourth-order valence-electron chi connectivity index (χ4n) is 0.966. The normalized spacial score (nSPS) is 10.4. The maximum Gasteiger partial charge on any atom is 0.234 e. The Morgan fingerprint density at radius 3 is 2.67 bits per heavy atom. The molecule has 0 aliphatic rings. The first-order valence-corrected chi connectivity index (χ1v) is 5.24. The highest BCUT2D eigenvalue weighted by Gasteiger charge is 2.01. The Balaban J connectivity index is 3.24. The zero-order valence-electron chi connectivity index (χ0n) is 9.93. The summed E-state index contributed by atoms with van der Waals surface area (Å²) >= 11 is 0. The maximum atomic E-state index is 11.2. The van der Waals surface area contributed by atoms with Gasteiger partial charge in [-0.2, -0.15) is 0 Å². The Bertz CT molecular complexity index is 203. The number of carbonyl (C=O) groups excluding carboxylic acids is 1. The van der Waals surface area contributed by atoms with Gasteiger partial charge in [-0.3, -0.25) is 4.79 Å². The van der Waals surface area contributed by atoms with Gasteiger partial charge in [-0.05, 0) is 20.8 Å². The Kier molecular flexibility index (Phi) is 7.95. The molecule has 0 radical (unpaired) electrons. The summed E-state index contributed by atoms with van der Waals surface area (Å²) in [7, 11) is 0. The molecular weight excluding hydrogens is 192 g/mol. The smallest absolute Gasteiger partial charge is 0.234 e. The minimum absolute atomic E-state index is 0.0184. The average Bonchev–Trinajstić information content (AvgIpc) is 2.09. The molecule has 15 heavy (non-hydrogen) atoms. The van der Waals surface area contributed by atoms with Crippen molar-refractivity contribution in [3.8, 4) is 0 Å². The van der Waals surface area contributed by atoms with Crippen molar-refractivity contribution in [3.05, 3.63) is 12.2 Å². The van der Waals surface area contributed by atoms with Crippen LogP contribution in [0.4, 0.5) is 0 Å². The number of ether oxygens (including phenoxy) is 1. The molecule has 0 bridgehead atoms. The zero-order valence-corrected chi connectivity index (χ0v) is 9.93. The number of rotatable bonds is 8. The molecule has 0 aromatic carbocycles. The molecule has 88 valence electrons. The van der Waals surface area contributed by atoms with Crippen molar-refractivity contribution >= 4 is 5.91 Å². The third-order valence-electron chi connectivity index (χ3n) is 1.51. The van der Waals surface area contributed by atoms with Crippen LogP contribution in [-0.2, 0) is 9.53 Å². The minimum Gasteiger partial charge on any atom is -0.376 e. The van der Waals surface area contributed by atoms with Crippen LogP contribution < -0.4 is 10.6 Å². The summed E-state index contributed by atoms with van der Waals surface area (Å²) < 4.78 is 5.26. The van der Waals surface area contributed by atoms with Gasteiger partial charge in [-0.1, -0.05) is 12.2 Å².